The molecule has 0 fully saturated rings. The van der Waals surface area contributed by atoms with E-state index in [-0.39, 0.29) is 0 Å². The van der Waals surface area contributed by atoms with Crippen molar-refractivity contribution in [3.8, 4) is 0 Å². The van der Waals surface area contributed by atoms with E-state index in [1.807, 2.05) is 36.9 Å². The van der Waals surface area contributed by atoms with E-state index in [9.17, 15) is 0 Å². The zero-order chi connectivity index (χ0) is 7.40. The SMILES string of the molecule is C[CH]Sc1ccccc1Cl. The van der Waals surface area contributed by atoms with Gasteiger partial charge in [0.2, 0.25) is 0 Å². The van der Waals surface area contributed by atoms with E-state index >= 15 is 0 Å². The summed E-state index contributed by atoms with van der Waals surface area (Å²) in [6, 6.07) is 7.82. The third kappa shape index (κ3) is 1.93. The number of hydrogen-bond donors (Lipinski definition) is 0. The highest BCUT2D eigenvalue weighted by atomic mass is 35.5. The van der Waals surface area contributed by atoms with E-state index < -0.39 is 0 Å². The first-order valence-corrected chi connectivity index (χ1v) is 4.29. The summed E-state index contributed by atoms with van der Waals surface area (Å²) in [5, 5.41) is 0.825. The van der Waals surface area contributed by atoms with Crippen LogP contribution in [0.2, 0.25) is 5.02 Å². The topological polar surface area (TPSA) is 0 Å². The Kier molecular flexibility index (Phi) is 3.10. The molecule has 2 heteroatoms. The molecule has 0 unspecified atom stereocenters. The molecule has 1 aromatic rings. The fraction of sp³-hybridized carbons (Fsp3) is 0.125. The van der Waals surface area contributed by atoms with Crippen molar-refractivity contribution < 1.29 is 0 Å². The lowest BCUT2D eigenvalue weighted by Crippen LogP contribution is -1.70. The van der Waals surface area contributed by atoms with Crippen molar-refractivity contribution in [1.82, 2.24) is 0 Å². The zero-order valence-electron chi connectivity index (χ0n) is 5.67. The summed E-state index contributed by atoms with van der Waals surface area (Å²) in [4.78, 5) is 1.12. The molecule has 1 radical (unpaired) electrons. The maximum absolute atomic E-state index is 5.86. The van der Waals surface area contributed by atoms with Gasteiger partial charge in [-0.15, -0.1) is 11.8 Å². The molecule has 0 bridgehead atoms. The highest BCUT2D eigenvalue weighted by molar-refractivity contribution is 8.01. The lowest BCUT2D eigenvalue weighted by molar-refractivity contribution is 1.46. The Labute approximate surface area is 70.6 Å². The van der Waals surface area contributed by atoms with Crippen molar-refractivity contribution in [3.63, 3.8) is 0 Å². The second-order valence-corrected chi connectivity index (χ2v) is 3.34. The summed E-state index contributed by atoms with van der Waals surface area (Å²) in [7, 11) is 0. The van der Waals surface area contributed by atoms with Crippen LogP contribution in [-0.4, -0.2) is 0 Å². The van der Waals surface area contributed by atoms with Crippen molar-refractivity contribution in [2.24, 2.45) is 0 Å². The van der Waals surface area contributed by atoms with Crippen LogP contribution in [0.4, 0.5) is 0 Å². The Hall–Kier alpha value is -0.140. The van der Waals surface area contributed by atoms with Crippen LogP contribution in [0.5, 0.6) is 0 Å². The first-order chi connectivity index (χ1) is 4.84. The second kappa shape index (κ2) is 3.89. The average Bonchev–Trinajstić information content (AvgIpc) is 1.94. The first kappa shape index (κ1) is 7.96. The minimum absolute atomic E-state index is 0.825. The summed E-state index contributed by atoms with van der Waals surface area (Å²) in [6.45, 7) is 1.99. The van der Waals surface area contributed by atoms with E-state index in [0.29, 0.717) is 0 Å². The number of hydrogen-bond acceptors (Lipinski definition) is 1. The van der Waals surface area contributed by atoms with Crippen molar-refractivity contribution in [2.75, 3.05) is 0 Å². The lowest BCUT2D eigenvalue weighted by Gasteiger charge is -1.98. The molecule has 0 aliphatic heterocycles. The van der Waals surface area contributed by atoms with E-state index in [2.05, 4.69) is 0 Å². The van der Waals surface area contributed by atoms with Gasteiger partial charge in [-0.3, -0.25) is 0 Å². The Bertz CT molecular complexity index is 210. The maximum atomic E-state index is 5.86. The molecular weight excluding hydrogens is 164 g/mol. The highest BCUT2D eigenvalue weighted by Gasteiger charge is 1.95. The number of thioether (sulfide) groups is 1. The average molecular weight is 172 g/mol. The van der Waals surface area contributed by atoms with Crippen LogP contribution < -0.4 is 0 Å². The summed E-state index contributed by atoms with van der Waals surface area (Å²) >= 11 is 7.51. The van der Waals surface area contributed by atoms with Gasteiger partial charge in [0.25, 0.3) is 0 Å². The van der Waals surface area contributed by atoms with E-state index in [0.717, 1.165) is 9.92 Å². The molecule has 0 N–H and O–H groups in total. The summed E-state index contributed by atoms with van der Waals surface area (Å²) in [6.07, 6.45) is 0. The molecule has 0 atom stereocenters. The molecule has 0 amide bonds. The minimum atomic E-state index is 0.825. The van der Waals surface area contributed by atoms with Crippen LogP contribution in [0.3, 0.4) is 0 Å². The Morgan fingerprint density at radius 3 is 2.70 bits per heavy atom. The van der Waals surface area contributed by atoms with Gasteiger partial charge < -0.3 is 0 Å². The summed E-state index contributed by atoms with van der Waals surface area (Å²) < 4.78 is 0. The number of halogens is 1. The number of benzene rings is 1. The molecule has 10 heavy (non-hydrogen) atoms. The largest absolute Gasteiger partial charge is 0.120 e. The van der Waals surface area contributed by atoms with Crippen molar-refractivity contribution in [1.29, 1.82) is 0 Å². The standard InChI is InChI=1S/C8H8ClS/c1-2-10-8-6-4-3-5-7(8)9/h2-6H,1H3. The fourth-order valence-corrected chi connectivity index (χ4v) is 1.53. The normalized spacial score (nSPS) is 9.80. The molecule has 53 valence electrons. The van der Waals surface area contributed by atoms with Crippen LogP contribution in [0.25, 0.3) is 0 Å². The molecule has 0 nitrogen and oxygen atoms in total. The minimum Gasteiger partial charge on any atom is -0.120 e. The van der Waals surface area contributed by atoms with Crippen LogP contribution in [0.15, 0.2) is 29.2 Å². The molecule has 0 heterocycles. The first-order valence-electron chi connectivity index (χ1n) is 3.03. The van der Waals surface area contributed by atoms with E-state index in [1.165, 1.54) is 0 Å². The summed E-state index contributed by atoms with van der Waals surface area (Å²) in [5.74, 6) is 2.02. The van der Waals surface area contributed by atoms with Gasteiger partial charge in [0.05, 0.1) is 5.02 Å². The third-order valence-electron chi connectivity index (χ3n) is 1.08. The van der Waals surface area contributed by atoms with Crippen molar-refractivity contribution >= 4 is 23.4 Å². The van der Waals surface area contributed by atoms with Crippen LogP contribution in [0, 0.1) is 5.75 Å². The third-order valence-corrected chi connectivity index (χ3v) is 2.37. The molecule has 0 aromatic heterocycles. The molecule has 1 rings (SSSR count). The molecule has 0 aliphatic carbocycles. The quantitative estimate of drug-likeness (QED) is 0.613. The van der Waals surface area contributed by atoms with Crippen LogP contribution >= 0.6 is 23.4 Å². The summed E-state index contributed by atoms with van der Waals surface area (Å²) in [5.41, 5.74) is 0. The predicted molar refractivity (Wildman–Crippen MR) is 47.3 cm³/mol. The van der Waals surface area contributed by atoms with Gasteiger partial charge in [0.1, 0.15) is 0 Å². The number of rotatable bonds is 2. The predicted octanol–water partition coefficient (Wildman–Crippen LogP) is 3.61. The monoisotopic (exact) mass is 171 g/mol. The van der Waals surface area contributed by atoms with Gasteiger partial charge >= 0.3 is 0 Å². The second-order valence-electron chi connectivity index (χ2n) is 1.78. The van der Waals surface area contributed by atoms with Gasteiger partial charge in [0, 0.05) is 10.6 Å². The Morgan fingerprint density at radius 2 is 2.10 bits per heavy atom. The fourth-order valence-electron chi connectivity index (χ4n) is 0.667. The lowest BCUT2D eigenvalue weighted by atomic mass is 10.4. The van der Waals surface area contributed by atoms with Crippen LogP contribution in [-0.2, 0) is 0 Å². The Morgan fingerprint density at radius 1 is 1.40 bits per heavy atom. The maximum Gasteiger partial charge on any atom is 0.0541 e. The molecule has 0 spiro atoms. The van der Waals surface area contributed by atoms with Gasteiger partial charge in [-0.1, -0.05) is 30.7 Å². The van der Waals surface area contributed by atoms with E-state index in [4.69, 9.17) is 11.6 Å². The Balaban J connectivity index is 2.81. The van der Waals surface area contributed by atoms with Crippen LogP contribution in [0.1, 0.15) is 6.92 Å². The van der Waals surface area contributed by atoms with Gasteiger partial charge in [-0.05, 0) is 12.1 Å². The van der Waals surface area contributed by atoms with E-state index in [1.54, 1.807) is 11.8 Å². The molecule has 0 saturated heterocycles. The highest BCUT2D eigenvalue weighted by Crippen LogP contribution is 2.27. The zero-order valence-corrected chi connectivity index (χ0v) is 7.25. The molecular formula is C8H8ClS. The van der Waals surface area contributed by atoms with Gasteiger partial charge in [-0.25, -0.2) is 0 Å². The van der Waals surface area contributed by atoms with Crippen molar-refractivity contribution in [3.05, 3.63) is 35.0 Å². The molecule has 0 saturated carbocycles. The molecule has 0 aliphatic rings. The van der Waals surface area contributed by atoms with Crippen molar-refractivity contribution in [2.45, 2.75) is 11.8 Å². The smallest absolute Gasteiger partial charge is 0.0541 e. The van der Waals surface area contributed by atoms with Gasteiger partial charge in [-0.2, -0.15) is 0 Å². The molecule has 1 aromatic carbocycles. The van der Waals surface area contributed by atoms with Gasteiger partial charge in [0.15, 0.2) is 0 Å².